The zero-order valence-electron chi connectivity index (χ0n) is 6.31. The van der Waals surface area contributed by atoms with E-state index in [0.717, 1.165) is 18.8 Å². The largest absolute Gasteiger partial charge is 0.230 e. The third-order valence-corrected chi connectivity index (χ3v) is 1.85. The van der Waals surface area contributed by atoms with E-state index in [-0.39, 0.29) is 0 Å². The number of hydrogen-bond acceptors (Lipinski definition) is 0. The van der Waals surface area contributed by atoms with Crippen LogP contribution < -0.4 is 0 Å². The van der Waals surface area contributed by atoms with E-state index in [1.165, 1.54) is 12.8 Å². The first-order valence-corrected chi connectivity index (χ1v) is 3.78. The van der Waals surface area contributed by atoms with E-state index in [1.54, 1.807) is 13.8 Å². The summed E-state index contributed by atoms with van der Waals surface area (Å²) < 4.78 is 0. The maximum atomic E-state index is 11.0. The second-order valence-corrected chi connectivity index (χ2v) is 3.74. The third-order valence-electron chi connectivity index (χ3n) is 1.85. The van der Waals surface area contributed by atoms with E-state index in [9.17, 15) is 5.11 Å². The molecule has 9 heavy (non-hydrogen) atoms. The highest BCUT2D eigenvalue weighted by Gasteiger charge is 2.24. The van der Waals surface area contributed by atoms with Gasteiger partial charge in [0, 0.05) is 0 Å². The molecule has 0 aromatic carbocycles. The SMILES string of the molecule is CC(C)([O])CCC1CC1. The third kappa shape index (κ3) is 3.52. The van der Waals surface area contributed by atoms with Crippen LogP contribution in [0.2, 0.25) is 0 Å². The van der Waals surface area contributed by atoms with E-state index < -0.39 is 5.60 Å². The second kappa shape index (κ2) is 2.30. The van der Waals surface area contributed by atoms with Gasteiger partial charge in [-0.3, -0.25) is 0 Å². The summed E-state index contributed by atoms with van der Waals surface area (Å²) in [7, 11) is 0. The van der Waals surface area contributed by atoms with Crippen molar-refractivity contribution in [3.63, 3.8) is 0 Å². The Kier molecular flexibility index (Phi) is 1.80. The maximum Gasteiger partial charge on any atom is 0.0980 e. The highest BCUT2D eigenvalue weighted by atomic mass is 16.3. The second-order valence-electron chi connectivity index (χ2n) is 3.74. The smallest absolute Gasteiger partial charge is 0.0980 e. The molecule has 1 radical (unpaired) electrons. The molecule has 1 aliphatic carbocycles. The molecule has 0 aliphatic heterocycles. The van der Waals surface area contributed by atoms with Crippen molar-refractivity contribution >= 4 is 0 Å². The molecule has 0 atom stereocenters. The van der Waals surface area contributed by atoms with Gasteiger partial charge >= 0.3 is 0 Å². The van der Waals surface area contributed by atoms with Crippen molar-refractivity contribution in [2.24, 2.45) is 5.92 Å². The molecule has 0 unspecified atom stereocenters. The summed E-state index contributed by atoms with van der Waals surface area (Å²) in [6, 6.07) is 0. The molecule has 1 nitrogen and oxygen atoms in total. The topological polar surface area (TPSA) is 19.9 Å². The van der Waals surface area contributed by atoms with Gasteiger partial charge in [-0.25, -0.2) is 5.11 Å². The zero-order valence-corrected chi connectivity index (χ0v) is 6.31. The summed E-state index contributed by atoms with van der Waals surface area (Å²) >= 11 is 0. The molecule has 0 aromatic rings. The molecule has 1 aliphatic rings. The fraction of sp³-hybridized carbons (Fsp3) is 1.00. The average Bonchev–Trinajstić information content (AvgIpc) is 2.38. The Morgan fingerprint density at radius 3 is 2.33 bits per heavy atom. The Labute approximate surface area is 57.1 Å². The summed E-state index contributed by atoms with van der Waals surface area (Å²) in [5.41, 5.74) is -0.678. The molecule has 0 N–H and O–H groups in total. The lowest BCUT2D eigenvalue weighted by molar-refractivity contribution is -0.00576. The van der Waals surface area contributed by atoms with Crippen LogP contribution in [0.3, 0.4) is 0 Å². The van der Waals surface area contributed by atoms with Crippen LogP contribution in [0.5, 0.6) is 0 Å². The molecule has 0 saturated heterocycles. The first kappa shape index (κ1) is 7.07. The predicted molar refractivity (Wildman–Crippen MR) is 36.7 cm³/mol. The maximum absolute atomic E-state index is 11.0. The van der Waals surface area contributed by atoms with Crippen molar-refractivity contribution in [3.8, 4) is 0 Å². The van der Waals surface area contributed by atoms with E-state index in [4.69, 9.17) is 0 Å². The highest BCUT2D eigenvalue weighted by molar-refractivity contribution is 4.76. The average molecular weight is 127 g/mol. The molecule has 0 bridgehead atoms. The van der Waals surface area contributed by atoms with Gasteiger partial charge in [0.1, 0.15) is 0 Å². The fourth-order valence-corrected chi connectivity index (χ4v) is 0.958. The Morgan fingerprint density at radius 1 is 1.44 bits per heavy atom. The molecule has 1 fully saturated rings. The lowest BCUT2D eigenvalue weighted by atomic mass is 10.0. The van der Waals surface area contributed by atoms with Crippen molar-refractivity contribution in [2.45, 2.75) is 45.1 Å². The summed E-state index contributed by atoms with van der Waals surface area (Å²) in [5.74, 6) is 0.915. The molecule has 0 amide bonds. The lowest BCUT2D eigenvalue weighted by Crippen LogP contribution is -2.15. The number of hydrogen-bond donors (Lipinski definition) is 0. The summed E-state index contributed by atoms with van der Waals surface area (Å²) in [5, 5.41) is 11.0. The summed E-state index contributed by atoms with van der Waals surface area (Å²) in [6.07, 6.45) is 4.76. The van der Waals surface area contributed by atoms with Gasteiger partial charge in [0.15, 0.2) is 0 Å². The van der Waals surface area contributed by atoms with Crippen LogP contribution in [0.1, 0.15) is 39.5 Å². The van der Waals surface area contributed by atoms with Gasteiger partial charge in [-0.2, -0.15) is 0 Å². The Morgan fingerprint density at radius 2 is 2.00 bits per heavy atom. The molecule has 1 rings (SSSR count). The molecule has 53 valence electrons. The Bertz CT molecular complexity index is 87.2. The van der Waals surface area contributed by atoms with Crippen LogP contribution in [-0.4, -0.2) is 5.60 Å². The molecular formula is C8H15O. The van der Waals surface area contributed by atoms with Crippen molar-refractivity contribution < 1.29 is 5.11 Å². The van der Waals surface area contributed by atoms with E-state index in [1.807, 2.05) is 0 Å². The molecule has 1 heteroatoms. The highest BCUT2D eigenvalue weighted by Crippen LogP contribution is 2.35. The predicted octanol–water partition coefficient (Wildman–Crippen LogP) is 2.39. The first-order chi connectivity index (χ1) is 4.08. The quantitative estimate of drug-likeness (QED) is 0.554. The van der Waals surface area contributed by atoms with Crippen molar-refractivity contribution in [1.29, 1.82) is 0 Å². The van der Waals surface area contributed by atoms with Gasteiger partial charge < -0.3 is 0 Å². The van der Waals surface area contributed by atoms with Gasteiger partial charge in [0.25, 0.3) is 0 Å². The van der Waals surface area contributed by atoms with Gasteiger partial charge in [0.05, 0.1) is 5.60 Å². The van der Waals surface area contributed by atoms with E-state index >= 15 is 0 Å². The van der Waals surface area contributed by atoms with E-state index in [0.29, 0.717) is 0 Å². The standard InChI is InChI=1S/C8H15O/c1-8(2,9)6-5-7-3-4-7/h7H,3-6H2,1-2H3. The van der Waals surface area contributed by atoms with Crippen LogP contribution in [-0.2, 0) is 5.11 Å². The van der Waals surface area contributed by atoms with Gasteiger partial charge in [-0.1, -0.05) is 12.8 Å². The monoisotopic (exact) mass is 127 g/mol. The number of rotatable bonds is 3. The van der Waals surface area contributed by atoms with Gasteiger partial charge in [0.2, 0.25) is 0 Å². The van der Waals surface area contributed by atoms with Crippen LogP contribution in [0.15, 0.2) is 0 Å². The van der Waals surface area contributed by atoms with Crippen LogP contribution in [0.4, 0.5) is 0 Å². The fourth-order valence-electron chi connectivity index (χ4n) is 0.958. The van der Waals surface area contributed by atoms with Crippen LogP contribution >= 0.6 is 0 Å². The minimum atomic E-state index is -0.678. The molecular weight excluding hydrogens is 112 g/mol. The van der Waals surface area contributed by atoms with Crippen molar-refractivity contribution in [2.75, 3.05) is 0 Å². The lowest BCUT2D eigenvalue weighted by Gasteiger charge is -2.12. The summed E-state index contributed by atoms with van der Waals surface area (Å²) in [4.78, 5) is 0. The van der Waals surface area contributed by atoms with Crippen LogP contribution in [0.25, 0.3) is 0 Å². The zero-order chi connectivity index (χ0) is 6.91. The Hall–Kier alpha value is -0.0400. The van der Waals surface area contributed by atoms with Crippen molar-refractivity contribution in [3.05, 3.63) is 0 Å². The van der Waals surface area contributed by atoms with Crippen molar-refractivity contribution in [1.82, 2.24) is 0 Å². The molecule has 0 spiro atoms. The normalized spacial score (nSPS) is 20.3. The molecule has 1 saturated carbocycles. The van der Waals surface area contributed by atoms with Gasteiger partial charge in [-0.15, -0.1) is 0 Å². The van der Waals surface area contributed by atoms with Gasteiger partial charge in [-0.05, 0) is 32.6 Å². The summed E-state index contributed by atoms with van der Waals surface area (Å²) in [6.45, 7) is 3.55. The van der Waals surface area contributed by atoms with Crippen LogP contribution in [0, 0.1) is 5.92 Å². The minimum absolute atomic E-state index is 0.678. The molecule has 0 aromatic heterocycles. The molecule has 0 heterocycles. The minimum Gasteiger partial charge on any atom is -0.230 e. The Balaban J connectivity index is 2.03. The van der Waals surface area contributed by atoms with E-state index in [2.05, 4.69) is 0 Å². The first-order valence-electron chi connectivity index (χ1n) is 3.78.